The van der Waals surface area contributed by atoms with Crippen molar-refractivity contribution in [3.63, 3.8) is 0 Å². The molecule has 0 fully saturated rings. The number of halogens is 6. The summed E-state index contributed by atoms with van der Waals surface area (Å²) in [7, 11) is 0. The standard InChI is InChI=1S/C38H26F6N2O5/c1-4-23(2)21-33(47)45-27-9-17-31(18-10-27)50-29-13-5-25(6-14-29)36(37(39,40)41,38(42,43)44)26-7-15-30(16-8-26)51-32-19-11-28(12-20-32)46-34(48)22-24(3)35(46)49/h1,5-22H,2-3H3,(H,45,47)/b23-21-. The van der Waals surface area contributed by atoms with Crippen LogP contribution in [0.25, 0.3) is 0 Å². The fourth-order valence-electron chi connectivity index (χ4n) is 5.32. The minimum Gasteiger partial charge on any atom is -0.457 e. The monoisotopic (exact) mass is 704 g/mol. The molecule has 260 valence electrons. The van der Waals surface area contributed by atoms with E-state index in [0.717, 1.165) is 29.2 Å². The summed E-state index contributed by atoms with van der Waals surface area (Å²) in [5.41, 5.74) is -5.30. The van der Waals surface area contributed by atoms with Crippen LogP contribution in [0.15, 0.2) is 120 Å². The maximum absolute atomic E-state index is 14.7. The van der Waals surface area contributed by atoms with Crippen LogP contribution in [0.2, 0.25) is 0 Å². The average Bonchev–Trinajstić information content (AvgIpc) is 3.32. The Balaban J connectivity index is 1.35. The molecule has 5 rings (SSSR count). The molecule has 0 saturated carbocycles. The second kappa shape index (κ2) is 13.9. The molecule has 1 heterocycles. The first kappa shape index (κ1) is 36.0. The molecule has 0 bridgehead atoms. The largest absolute Gasteiger partial charge is 0.457 e. The number of ether oxygens (including phenoxy) is 2. The van der Waals surface area contributed by atoms with Gasteiger partial charge in [0.25, 0.3) is 11.8 Å². The molecule has 4 aromatic rings. The number of nitrogens with zero attached hydrogens (tertiary/aromatic N) is 1. The van der Waals surface area contributed by atoms with Gasteiger partial charge in [-0.05, 0) is 97.8 Å². The Kier molecular flexibility index (Phi) is 9.82. The number of terminal acetylenes is 1. The van der Waals surface area contributed by atoms with Crippen LogP contribution >= 0.6 is 0 Å². The molecule has 0 unspecified atom stereocenters. The lowest BCUT2D eigenvalue weighted by Crippen LogP contribution is -2.54. The molecule has 0 spiro atoms. The van der Waals surface area contributed by atoms with E-state index in [0.29, 0.717) is 35.5 Å². The van der Waals surface area contributed by atoms with Crippen LogP contribution < -0.4 is 19.7 Å². The highest BCUT2D eigenvalue weighted by Crippen LogP contribution is 2.56. The third-order valence-corrected chi connectivity index (χ3v) is 7.79. The highest BCUT2D eigenvalue weighted by molar-refractivity contribution is 6.30. The van der Waals surface area contributed by atoms with Crippen molar-refractivity contribution < 1.29 is 50.2 Å². The Morgan fingerprint density at radius 2 is 1.14 bits per heavy atom. The number of amides is 3. The fourth-order valence-corrected chi connectivity index (χ4v) is 5.32. The van der Waals surface area contributed by atoms with E-state index in [2.05, 4.69) is 11.2 Å². The van der Waals surface area contributed by atoms with Gasteiger partial charge >= 0.3 is 12.4 Å². The van der Waals surface area contributed by atoms with Crippen LogP contribution in [0.4, 0.5) is 37.7 Å². The Hall–Kier alpha value is -6.29. The molecule has 13 heteroatoms. The summed E-state index contributed by atoms with van der Waals surface area (Å²) in [6, 6.07) is 18.2. The summed E-state index contributed by atoms with van der Waals surface area (Å²) in [5, 5.41) is 2.59. The summed E-state index contributed by atoms with van der Waals surface area (Å²) in [4.78, 5) is 37.3. The summed E-state index contributed by atoms with van der Waals surface area (Å²) < 4.78 is 99.6. The minimum absolute atomic E-state index is 0.0407. The second-order valence-corrected chi connectivity index (χ2v) is 11.3. The van der Waals surface area contributed by atoms with Gasteiger partial charge in [0.2, 0.25) is 11.3 Å². The first-order valence-electron chi connectivity index (χ1n) is 15.0. The first-order chi connectivity index (χ1) is 24.0. The molecule has 0 atom stereocenters. The smallest absolute Gasteiger partial charge is 0.411 e. The molecule has 51 heavy (non-hydrogen) atoms. The molecule has 0 aliphatic carbocycles. The molecule has 1 aliphatic rings. The number of hydrogen-bond acceptors (Lipinski definition) is 5. The van der Waals surface area contributed by atoms with Crippen LogP contribution in [0.1, 0.15) is 25.0 Å². The molecular formula is C38H26F6N2O5. The number of alkyl halides is 6. The maximum Gasteiger partial charge on any atom is 0.411 e. The average molecular weight is 705 g/mol. The van der Waals surface area contributed by atoms with Gasteiger partial charge in [-0.1, -0.05) is 30.2 Å². The van der Waals surface area contributed by atoms with E-state index in [1.165, 1.54) is 67.6 Å². The van der Waals surface area contributed by atoms with Crippen LogP contribution in [-0.4, -0.2) is 30.1 Å². The van der Waals surface area contributed by atoms with Gasteiger partial charge in [-0.15, -0.1) is 6.42 Å². The highest BCUT2D eigenvalue weighted by Gasteiger charge is 2.72. The van der Waals surface area contributed by atoms with Gasteiger partial charge in [0.1, 0.15) is 23.0 Å². The van der Waals surface area contributed by atoms with Gasteiger partial charge in [-0.2, -0.15) is 26.3 Å². The maximum atomic E-state index is 14.7. The summed E-state index contributed by atoms with van der Waals surface area (Å²) >= 11 is 0. The van der Waals surface area contributed by atoms with E-state index in [9.17, 15) is 40.7 Å². The number of carbonyl (C=O) groups is 3. The Bertz CT molecular complexity index is 2040. The minimum atomic E-state index is -5.82. The van der Waals surface area contributed by atoms with Crippen molar-refractivity contribution in [1.29, 1.82) is 0 Å². The van der Waals surface area contributed by atoms with E-state index in [4.69, 9.17) is 15.9 Å². The van der Waals surface area contributed by atoms with Crippen molar-refractivity contribution in [2.24, 2.45) is 0 Å². The van der Waals surface area contributed by atoms with Crippen molar-refractivity contribution in [3.8, 4) is 35.3 Å². The van der Waals surface area contributed by atoms with Crippen LogP contribution in [0, 0.1) is 12.3 Å². The predicted molar refractivity (Wildman–Crippen MR) is 176 cm³/mol. The second-order valence-electron chi connectivity index (χ2n) is 11.3. The quantitative estimate of drug-likeness (QED) is 0.0814. The van der Waals surface area contributed by atoms with Gasteiger partial charge < -0.3 is 14.8 Å². The summed E-state index contributed by atoms with van der Waals surface area (Å²) in [6.07, 6.45) is -4.01. The topological polar surface area (TPSA) is 84.9 Å². The van der Waals surface area contributed by atoms with Crippen molar-refractivity contribution >= 4 is 29.1 Å². The van der Waals surface area contributed by atoms with Crippen LogP contribution in [0.3, 0.4) is 0 Å². The molecular weight excluding hydrogens is 678 g/mol. The normalized spacial score (nSPS) is 13.8. The number of hydrogen-bond donors (Lipinski definition) is 1. The zero-order valence-corrected chi connectivity index (χ0v) is 26.7. The van der Waals surface area contributed by atoms with Gasteiger partial charge in [-0.25, -0.2) is 4.90 Å². The summed E-state index contributed by atoms with van der Waals surface area (Å²) in [6.45, 7) is 3.07. The summed E-state index contributed by atoms with van der Waals surface area (Å²) in [5.74, 6) is 1.06. The first-order valence-corrected chi connectivity index (χ1v) is 15.0. The van der Waals surface area contributed by atoms with Crippen molar-refractivity contribution in [3.05, 3.63) is 131 Å². The van der Waals surface area contributed by atoms with E-state index >= 15 is 0 Å². The molecule has 0 saturated heterocycles. The molecule has 1 aliphatic heterocycles. The van der Waals surface area contributed by atoms with Gasteiger partial charge in [0.15, 0.2) is 0 Å². The van der Waals surface area contributed by atoms with E-state index in [1.807, 2.05) is 0 Å². The van der Waals surface area contributed by atoms with E-state index in [-0.39, 0.29) is 34.3 Å². The number of anilines is 2. The zero-order valence-electron chi connectivity index (χ0n) is 26.7. The number of benzene rings is 4. The predicted octanol–water partition coefficient (Wildman–Crippen LogP) is 9.02. The van der Waals surface area contributed by atoms with Crippen LogP contribution in [-0.2, 0) is 19.8 Å². The van der Waals surface area contributed by atoms with Crippen molar-refractivity contribution in [1.82, 2.24) is 0 Å². The lowest BCUT2D eigenvalue weighted by atomic mass is 9.73. The number of carbonyl (C=O) groups excluding carboxylic acids is 3. The number of nitrogens with one attached hydrogen (secondary N) is 1. The van der Waals surface area contributed by atoms with Gasteiger partial charge in [0, 0.05) is 29.0 Å². The van der Waals surface area contributed by atoms with Crippen LogP contribution in [0.5, 0.6) is 23.0 Å². The number of rotatable bonds is 9. The Morgan fingerprint density at radius 1 is 0.725 bits per heavy atom. The highest BCUT2D eigenvalue weighted by atomic mass is 19.4. The molecule has 4 aromatic carbocycles. The third-order valence-electron chi connectivity index (χ3n) is 7.79. The molecule has 7 nitrogen and oxygen atoms in total. The zero-order chi connectivity index (χ0) is 37.1. The lowest BCUT2D eigenvalue weighted by molar-refractivity contribution is -0.288. The van der Waals surface area contributed by atoms with Crippen molar-refractivity contribution in [2.75, 3.05) is 10.2 Å². The fraction of sp³-hybridized carbons (Fsp3) is 0.132. The molecule has 3 amide bonds. The van der Waals surface area contributed by atoms with Gasteiger partial charge in [-0.3, -0.25) is 14.4 Å². The number of allylic oxidation sites excluding steroid dienone is 1. The van der Waals surface area contributed by atoms with Crippen molar-refractivity contribution in [2.45, 2.75) is 31.6 Å². The SMILES string of the molecule is C#C/C(C)=C\C(=O)Nc1ccc(Oc2ccc(C(c3ccc(Oc4ccc(N5C(=O)C=C(C)C5=O)cc4)cc3)(C(F)(F)F)C(F)(F)F)cc2)cc1. The molecule has 0 radical (unpaired) electrons. The Morgan fingerprint density at radius 3 is 1.51 bits per heavy atom. The molecule has 1 N–H and O–H groups in total. The lowest BCUT2D eigenvalue weighted by Gasteiger charge is -2.38. The van der Waals surface area contributed by atoms with E-state index < -0.39 is 46.6 Å². The third kappa shape index (κ3) is 7.35. The van der Waals surface area contributed by atoms with E-state index in [1.54, 1.807) is 6.92 Å². The Labute approximate surface area is 287 Å². The number of imide groups is 1. The molecule has 0 aromatic heterocycles. The van der Waals surface area contributed by atoms with Gasteiger partial charge in [0.05, 0.1) is 5.69 Å².